The van der Waals surface area contributed by atoms with Crippen molar-refractivity contribution >= 4 is 23.0 Å². The number of rotatable bonds is 9. The molecule has 2 aliphatic heterocycles. The lowest BCUT2D eigenvalue weighted by atomic mass is 9.87. The number of piperidine rings is 1. The van der Waals surface area contributed by atoms with E-state index in [1.54, 1.807) is 6.07 Å². The molecule has 1 amide bonds. The first-order chi connectivity index (χ1) is 19.9. The fourth-order valence-corrected chi connectivity index (χ4v) is 5.81. The van der Waals surface area contributed by atoms with Gasteiger partial charge < -0.3 is 20.0 Å². The number of hydrogen-bond acceptors (Lipinski definition) is 6. The number of amides is 1. The predicted octanol–water partition coefficient (Wildman–Crippen LogP) is 6.37. The molecule has 2 N–H and O–H groups in total. The molecule has 0 saturated carbocycles. The van der Waals surface area contributed by atoms with E-state index >= 15 is 0 Å². The van der Waals surface area contributed by atoms with Gasteiger partial charge in [0.1, 0.15) is 0 Å². The Morgan fingerprint density at radius 2 is 1.67 bits per heavy atom. The summed E-state index contributed by atoms with van der Waals surface area (Å²) in [5.74, 6) is 0.165. The number of alkyl halides is 3. The zero-order valence-corrected chi connectivity index (χ0v) is 25.4. The molecule has 4 rings (SSSR count). The Kier molecular flexibility index (Phi) is 10.6. The van der Waals surface area contributed by atoms with E-state index in [1.165, 1.54) is 24.4 Å². The largest absolute Gasteiger partial charge is 0.418 e. The van der Waals surface area contributed by atoms with Crippen LogP contribution in [0.15, 0.2) is 42.5 Å². The van der Waals surface area contributed by atoms with E-state index < -0.39 is 11.7 Å². The zero-order valence-electron chi connectivity index (χ0n) is 25.4. The lowest BCUT2D eigenvalue weighted by Crippen LogP contribution is -2.42. The van der Waals surface area contributed by atoms with Gasteiger partial charge in [0, 0.05) is 56.6 Å². The van der Waals surface area contributed by atoms with Gasteiger partial charge in [-0.25, -0.2) is 0 Å². The van der Waals surface area contributed by atoms with E-state index in [1.807, 2.05) is 4.90 Å². The second-order valence-electron chi connectivity index (χ2n) is 12.4. The first-order valence-electron chi connectivity index (χ1n) is 15.1. The number of nitrogens with one attached hydrogen (secondary N) is 2. The zero-order chi connectivity index (χ0) is 30.3. The van der Waals surface area contributed by atoms with Crippen LogP contribution in [-0.4, -0.2) is 74.7 Å². The molecule has 0 unspecified atom stereocenters. The Balaban J connectivity index is 1.17. The highest BCUT2D eigenvalue weighted by Crippen LogP contribution is 2.37. The van der Waals surface area contributed by atoms with Gasteiger partial charge in [0.2, 0.25) is 5.91 Å². The van der Waals surface area contributed by atoms with Gasteiger partial charge in [-0.2, -0.15) is 13.2 Å². The highest BCUT2D eigenvalue weighted by molar-refractivity contribution is 5.76. The van der Waals surface area contributed by atoms with Crippen LogP contribution in [0.3, 0.4) is 0 Å². The molecule has 2 saturated heterocycles. The molecular weight excluding hydrogens is 543 g/mol. The van der Waals surface area contributed by atoms with Crippen molar-refractivity contribution < 1.29 is 22.8 Å². The molecule has 2 aliphatic rings. The number of halogens is 3. The summed E-state index contributed by atoms with van der Waals surface area (Å²) >= 11 is 0. The summed E-state index contributed by atoms with van der Waals surface area (Å²) in [5, 5.41) is 3.22. The standard InChI is InChI=1S/C32H46F3N5O2/c1-31(2,3)24-8-11-27(12-9-24)39-18-6-17-38(21-22-39)16-5-7-30(41)40-19-14-25(15-20-40)36-26-10-13-29(37-42-4)28(23-26)32(33,34)35/h8-13,23,25,36-37H,5-7,14-22H2,1-4H3. The number of benzene rings is 2. The van der Waals surface area contributed by atoms with Crippen molar-refractivity contribution in [1.82, 2.24) is 9.80 Å². The minimum absolute atomic E-state index is 0.0149. The molecule has 0 radical (unpaired) electrons. The number of anilines is 3. The normalized spacial score (nSPS) is 17.7. The van der Waals surface area contributed by atoms with E-state index in [-0.39, 0.29) is 23.1 Å². The molecule has 42 heavy (non-hydrogen) atoms. The minimum Gasteiger partial charge on any atom is -0.382 e. The average molecular weight is 590 g/mol. The van der Waals surface area contributed by atoms with Crippen molar-refractivity contribution in [2.75, 3.05) is 68.6 Å². The molecule has 0 bridgehead atoms. The van der Waals surface area contributed by atoms with Crippen LogP contribution in [0.2, 0.25) is 0 Å². The van der Waals surface area contributed by atoms with E-state index in [9.17, 15) is 18.0 Å². The molecular formula is C32H46F3N5O2. The molecule has 2 aromatic carbocycles. The predicted molar refractivity (Wildman–Crippen MR) is 163 cm³/mol. The third-order valence-electron chi connectivity index (χ3n) is 8.31. The summed E-state index contributed by atoms with van der Waals surface area (Å²) in [6, 6.07) is 13.0. The van der Waals surface area contributed by atoms with Crippen LogP contribution in [0.1, 0.15) is 64.0 Å². The molecule has 10 heteroatoms. The third-order valence-corrected chi connectivity index (χ3v) is 8.31. The molecule has 232 valence electrons. The summed E-state index contributed by atoms with van der Waals surface area (Å²) in [6.45, 7) is 12.9. The van der Waals surface area contributed by atoms with Crippen molar-refractivity contribution in [3.8, 4) is 0 Å². The van der Waals surface area contributed by atoms with E-state index in [0.29, 0.717) is 38.0 Å². The molecule has 7 nitrogen and oxygen atoms in total. The molecule has 0 aromatic heterocycles. The highest BCUT2D eigenvalue weighted by atomic mass is 19.4. The highest BCUT2D eigenvalue weighted by Gasteiger charge is 2.34. The Hall–Kier alpha value is -2.98. The topological polar surface area (TPSA) is 60.1 Å². The lowest BCUT2D eigenvalue weighted by Gasteiger charge is -2.33. The van der Waals surface area contributed by atoms with Crippen LogP contribution >= 0.6 is 0 Å². The van der Waals surface area contributed by atoms with Gasteiger partial charge in [-0.1, -0.05) is 32.9 Å². The Morgan fingerprint density at radius 3 is 2.31 bits per heavy atom. The molecule has 2 fully saturated rings. The number of hydrogen-bond donors (Lipinski definition) is 2. The first-order valence-corrected chi connectivity index (χ1v) is 15.1. The smallest absolute Gasteiger partial charge is 0.382 e. The summed E-state index contributed by atoms with van der Waals surface area (Å²) < 4.78 is 40.4. The fourth-order valence-electron chi connectivity index (χ4n) is 5.81. The third kappa shape index (κ3) is 8.77. The Labute approximate surface area is 248 Å². The Bertz CT molecular complexity index is 1160. The molecule has 2 aromatic rings. The van der Waals surface area contributed by atoms with Gasteiger partial charge in [0.25, 0.3) is 0 Å². The molecule has 0 atom stereocenters. The van der Waals surface area contributed by atoms with Crippen LogP contribution in [-0.2, 0) is 21.2 Å². The second-order valence-corrected chi connectivity index (χ2v) is 12.4. The maximum absolute atomic E-state index is 13.5. The number of likely N-dealkylation sites (tertiary alicyclic amines) is 1. The van der Waals surface area contributed by atoms with E-state index in [2.05, 4.69) is 70.5 Å². The van der Waals surface area contributed by atoms with Gasteiger partial charge >= 0.3 is 6.18 Å². The summed E-state index contributed by atoms with van der Waals surface area (Å²) in [5.41, 5.74) is 4.56. The van der Waals surface area contributed by atoms with Crippen molar-refractivity contribution in [3.63, 3.8) is 0 Å². The fraction of sp³-hybridized carbons (Fsp3) is 0.594. The van der Waals surface area contributed by atoms with Gasteiger partial charge in [-0.05, 0) is 80.1 Å². The summed E-state index contributed by atoms with van der Waals surface area (Å²) in [7, 11) is 1.28. The van der Waals surface area contributed by atoms with Crippen LogP contribution in [0.4, 0.5) is 30.2 Å². The molecule has 0 spiro atoms. The minimum atomic E-state index is -4.50. The van der Waals surface area contributed by atoms with Gasteiger partial charge in [0.15, 0.2) is 0 Å². The number of nitrogens with zero attached hydrogens (tertiary/aromatic N) is 3. The average Bonchev–Trinajstić information content (AvgIpc) is 3.19. The van der Waals surface area contributed by atoms with Gasteiger partial charge in [0.05, 0.1) is 18.4 Å². The quantitative estimate of drug-likeness (QED) is 0.332. The van der Waals surface area contributed by atoms with Crippen molar-refractivity contribution in [1.29, 1.82) is 0 Å². The molecule has 0 aliphatic carbocycles. The SMILES string of the molecule is CONc1ccc(NC2CCN(C(=O)CCCN3CCCN(c4ccc(C(C)(C)C)cc4)CC3)CC2)cc1C(F)(F)F. The number of carbonyl (C=O) groups is 1. The molecule has 2 heterocycles. The van der Waals surface area contributed by atoms with Crippen LogP contribution in [0.5, 0.6) is 0 Å². The Morgan fingerprint density at radius 1 is 0.952 bits per heavy atom. The first kappa shape index (κ1) is 31.9. The lowest BCUT2D eigenvalue weighted by molar-refractivity contribution is -0.137. The van der Waals surface area contributed by atoms with Gasteiger partial charge in [-0.3, -0.25) is 15.1 Å². The van der Waals surface area contributed by atoms with E-state index in [4.69, 9.17) is 0 Å². The number of carbonyl (C=O) groups excluding carboxylic acids is 1. The summed E-state index contributed by atoms with van der Waals surface area (Å²) in [4.78, 5) is 24.4. The second kappa shape index (κ2) is 14.0. The van der Waals surface area contributed by atoms with Crippen LogP contribution in [0, 0.1) is 0 Å². The van der Waals surface area contributed by atoms with Crippen LogP contribution in [0.25, 0.3) is 0 Å². The van der Waals surface area contributed by atoms with Crippen molar-refractivity contribution in [3.05, 3.63) is 53.6 Å². The van der Waals surface area contributed by atoms with E-state index in [0.717, 1.165) is 51.6 Å². The maximum Gasteiger partial charge on any atom is 0.418 e. The monoisotopic (exact) mass is 589 g/mol. The van der Waals surface area contributed by atoms with Crippen molar-refractivity contribution in [2.24, 2.45) is 0 Å². The maximum atomic E-state index is 13.5. The summed E-state index contributed by atoms with van der Waals surface area (Å²) in [6.07, 6.45) is -0.645. The van der Waals surface area contributed by atoms with Crippen LogP contribution < -0.4 is 15.7 Å². The van der Waals surface area contributed by atoms with Crippen molar-refractivity contribution in [2.45, 2.75) is 70.5 Å². The van der Waals surface area contributed by atoms with Gasteiger partial charge in [-0.15, -0.1) is 0 Å².